The number of piperidine rings is 1. The minimum absolute atomic E-state index is 0.265. The summed E-state index contributed by atoms with van der Waals surface area (Å²) in [5.41, 5.74) is 3.45. The van der Waals surface area contributed by atoms with Gasteiger partial charge in [0.25, 0.3) is 0 Å². The van der Waals surface area contributed by atoms with Crippen molar-refractivity contribution in [2.75, 3.05) is 45.2 Å². The number of imidazole rings is 1. The molecule has 0 radical (unpaired) electrons. The van der Waals surface area contributed by atoms with Gasteiger partial charge in [0.05, 0.1) is 23.7 Å². The van der Waals surface area contributed by atoms with Crippen LogP contribution in [0.2, 0.25) is 0 Å². The van der Waals surface area contributed by atoms with Gasteiger partial charge in [-0.2, -0.15) is 0 Å². The smallest absolute Gasteiger partial charge is 0.404 e. The molecule has 1 saturated heterocycles. The van der Waals surface area contributed by atoms with Gasteiger partial charge in [0.2, 0.25) is 5.95 Å². The molecule has 3 heterocycles. The third-order valence-corrected chi connectivity index (χ3v) is 7.79. The van der Waals surface area contributed by atoms with Crippen LogP contribution in [0.1, 0.15) is 45.0 Å². The molecule has 218 valence electrons. The monoisotopic (exact) mass is 560 g/mol. The third kappa shape index (κ3) is 6.71. The fraction of sp³-hybridized carbons (Fsp3) is 0.452. The average molecular weight is 561 g/mol. The standard InChI is InChI=1S/C31H40N6O4/c1-4-41-29(28-27(40-3)19-22-9-5-6-10-24(22)34-28)37-26-12-8-7-11-25(26)35-30(37)33-23-14-17-36(18-15-23)16-13-21(2)20-32-31(38)39/h5-12,19,21,23,29,32H,4,13-18,20H2,1-3H3,(H,33,35)(H,38,39). The molecule has 2 aromatic carbocycles. The number of carboxylic acid groups (broad SMARTS) is 1. The number of benzene rings is 2. The van der Waals surface area contributed by atoms with Crippen molar-refractivity contribution in [1.82, 2.24) is 24.8 Å². The number of hydrogen-bond donors (Lipinski definition) is 3. The van der Waals surface area contributed by atoms with Crippen LogP contribution in [0.5, 0.6) is 5.75 Å². The summed E-state index contributed by atoms with van der Waals surface area (Å²) in [6.45, 7) is 7.98. The number of hydrogen-bond acceptors (Lipinski definition) is 7. The number of amides is 1. The molecular weight excluding hydrogens is 520 g/mol. The quantitative estimate of drug-likeness (QED) is 0.213. The Kier molecular flexibility index (Phi) is 9.21. The number of pyridine rings is 1. The van der Waals surface area contributed by atoms with Gasteiger partial charge in [-0.1, -0.05) is 37.3 Å². The van der Waals surface area contributed by atoms with Crippen LogP contribution in [0.15, 0.2) is 54.6 Å². The molecule has 0 aliphatic carbocycles. The number of anilines is 1. The van der Waals surface area contributed by atoms with Crippen LogP contribution in [0.25, 0.3) is 21.9 Å². The SMILES string of the molecule is CCOC(c1nc2ccccc2cc1OC)n1c(NC2CCN(CCC(C)CNC(=O)O)CC2)nc2ccccc21. The van der Waals surface area contributed by atoms with Crippen molar-refractivity contribution >= 4 is 34.0 Å². The van der Waals surface area contributed by atoms with Gasteiger partial charge < -0.3 is 30.1 Å². The van der Waals surface area contributed by atoms with Gasteiger partial charge in [0.1, 0.15) is 11.4 Å². The largest absolute Gasteiger partial charge is 0.495 e. The van der Waals surface area contributed by atoms with Crippen molar-refractivity contribution in [2.24, 2.45) is 5.92 Å². The number of methoxy groups -OCH3 is 1. The van der Waals surface area contributed by atoms with E-state index < -0.39 is 12.3 Å². The predicted molar refractivity (Wildman–Crippen MR) is 161 cm³/mol. The van der Waals surface area contributed by atoms with E-state index in [0.29, 0.717) is 30.5 Å². The summed E-state index contributed by atoms with van der Waals surface area (Å²) in [6, 6.07) is 18.4. The maximum Gasteiger partial charge on any atom is 0.404 e. The number of para-hydroxylation sites is 3. The summed E-state index contributed by atoms with van der Waals surface area (Å²) in [6.07, 6.45) is 1.45. The average Bonchev–Trinajstić information content (AvgIpc) is 3.35. The van der Waals surface area contributed by atoms with Crippen molar-refractivity contribution in [3.8, 4) is 5.75 Å². The molecule has 1 aliphatic rings. The maximum atomic E-state index is 10.8. The highest BCUT2D eigenvalue weighted by molar-refractivity contribution is 5.81. The Morgan fingerprint density at radius 3 is 2.56 bits per heavy atom. The second-order valence-electron chi connectivity index (χ2n) is 10.7. The predicted octanol–water partition coefficient (Wildman–Crippen LogP) is 5.35. The molecule has 10 heteroatoms. The Balaban J connectivity index is 1.37. The summed E-state index contributed by atoms with van der Waals surface area (Å²) >= 11 is 0. The highest BCUT2D eigenvalue weighted by Gasteiger charge is 2.28. The van der Waals surface area contributed by atoms with Crippen LogP contribution in [-0.2, 0) is 4.74 Å². The first-order valence-electron chi connectivity index (χ1n) is 14.4. The van der Waals surface area contributed by atoms with E-state index in [1.54, 1.807) is 7.11 Å². The van der Waals surface area contributed by atoms with E-state index in [1.165, 1.54) is 0 Å². The lowest BCUT2D eigenvalue weighted by Crippen LogP contribution is -2.40. The lowest BCUT2D eigenvalue weighted by atomic mass is 10.0. The number of nitrogens with zero attached hydrogens (tertiary/aromatic N) is 4. The van der Waals surface area contributed by atoms with Crippen LogP contribution < -0.4 is 15.4 Å². The summed E-state index contributed by atoms with van der Waals surface area (Å²) in [5, 5.41) is 16.1. The van der Waals surface area contributed by atoms with Crippen molar-refractivity contribution in [3.05, 3.63) is 60.3 Å². The topological polar surface area (TPSA) is 114 Å². The first-order valence-corrected chi connectivity index (χ1v) is 14.4. The molecule has 0 bridgehead atoms. The second-order valence-corrected chi connectivity index (χ2v) is 10.7. The summed E-state index contributed by atoms with van der Waals surface area (Å²) in [5.74, 6) is 1.73. The van der Waals surface area contributed by atoms with E-state index in [9.17, 15) is 4.79 Å². The number of rotatable bonds is 12. The molecule has 3 N–H and O–H groups in total. The third-order valence-electron chi connectivity index (χ3n) is 7.79. The van der Waals surface area contributed by atoms with Crippen LogP contribution in [-0.4, -0.2) is 76.6 Å². The minimum Gasteiger partial charge on any atom is -0.495 e. The Morgan fingerprint density at radius 1 is 1.10 bits per heavy atom. The lowest BCUT2D eigenvalue weighted by molar-refractivity contribution is 0.0404. The van der Waals surface area contributed by atoms with Gasteiger partial charge in [0, 0.05) is 37.7 Å². The van der Waals surface area contributed by atoms with Crippen molar-refractivity contribution in [1.29, 1.82) is 0 Å². The molecule has 1 aliphatic heterocycles. The zero-order valence-electron chi connectivity index (χ0n) is 24.0. The van der Waals surface area contributed by atoms with Crippen LogP contribution in [0.3, 0.4) is 0 Å². The second kappa shape index (κ2) is 13.2. The zero-order chi connectivity index (χ0) is 28.8. The van der Waals surface area contributed by atoms with Crippen molar-refractivity contribution < 1.29 is 19.4 Å². The fourth-order valence-corrected chi connectivity index (χ4v) is 5.52. The van der Waals surface area contributed by atoms with Crippen LogP contribution in [0.4, 0.5) is 10.7 Å². The normalized spacial score (nSPS) is 16.1. The Hall–Kier alpha value is -3.89. The van der Waals surface area contributed by atoms with E-state index in [4.69, 9.17) is 24.5 Å². The van der Waals surface area contributed by atoms with Gasteiger partial charge in [0.15, 0.2) is 6.23 Å². The number of aromatic nitrogens is 3. The molecular formula is C31H40N6O4. The minimum atomic E-state index is -0.962. The van der Waals surface area contributed by atoms with Gasteiger partial charge in [-0.05, 0) is 62.9 Å². The summed E-state index contributed by atoms with van der Waals surface area (Å²) in [7, 11) is 1.67. The molecule has 2 unspecified atom stereocenters. The zero-order valence-corrected chi connectivity index (χ0v) is 24.0. The van der Waals surface area contributed by atoms with Crippen molar-refractivity contribution in [3.63, 3.8) is 0 Å². The molecule has 41 heavy (non-hydrogen) atoms. The number of likely N-dealkylation sites (tertiary alicyclic amines) is 1. The molecule has 0 saturated carbocycles. The molecule has 1 fully saturated rings. The number of ether oxygens (including phenoxy) is 2. The van der Waals surface area contributed by atoms with E-state index in [-0.39, 0.29) is 6.04 Å². The Bertz CT molecular complexity index is 1470. The first kappa shape index (κ1) is 28.6. The first-order chi connectivity index (χ1) is 20.0. The molecule has 2 aromatic heterocycles. The highest BCUT2D eigenvalue weighted by atomic mass is 16.5. The fourth-order valence-electron chi connectivity index (χ4n) is 5.52. The maximum absolute atomic E-state index is 10.8. The van der Waals surface area contributed by atoms with Crippen LogP contribution in [0, 0.1) is 5.92 Å². The Morgan fingerprint density at radius 2 is 1.83 bits per heavy atom. The van der Waals surface area contributed by atoms with Crippen LogP contribution >= 0.6 is 0 Å². The van der Waals surface area contributed by atoms with Crippen molar-refractivity contribution in [2.45, 2.75) is 45.4 Å². The van der Waals surface area contributed by atoms with Gasteiger partial charge in [-0.15, -0.1) is 0 Å². The molecule has 0 spiro atoms. The molecule has 10 nitrogen and oxygen atoms in total. The van der Waals surface area contributed by atoms with Gasteiger partial charge in [-0.3, -0.25) is 4.57 Å². The molecule has 5 rings (SSSR count). The molecule has 2 atom stereocenters. The van der Waals surface area contributed by atoms with E-state index in [0.717, 1.165) is 66.8 Å². The number of nitrogens with one attached hydrogen (secondary N) is 2. The van der Waals surface area contributed by atoms with E-state index in [1.807, 2.05) is 55.5 Å². The van der Waals surface area contributed by atoms with Gasteiger partial charge in [-0.25, -0.2) is 14.8 Å². The van der Waals surface area contributed by atoms with E-state index in [2.05, 4.69) is 33.1 Å². The highest BCUT2D eigenvalue weighted by Crippen LogP contribution is 2.35. The number of carbonyl (C=O) groups is 1. The number of fused-ring (bicyclic) bond motifs is 2. The summed E-state index contributed by atoms with van der Waals surface area (Å²) in [4.78, 5) is 23.2. The Labute approximate surface area is 240 Å². The van der Waals surface area contributed by atoms with E-state index >= 15 is 0 Å². The van der Waals surface area contributed by atoms with Gasteiger partial charge >= 0.3 is 6.09 Å². The molecule has 4 aromatic rings. The molecule has 1 amide bonds. The lowest BCUT2D eigenvalue weighted by Gasteiger charge is -2.33. The summed E-state index contributed by atoms with van der Waals surface area (Å²) < 4.78 is 14.3.